The minimum absolute atomic E-state index is 0.328. The Kier molecular flexibility index (Phi) is 3.93. The highest BCUT2D eigenvalue weighted by molar-refractivity contribution is 5.89. The van der Waals surface area contributed by atoms with Crippen LogP contribution < -0.4 is 9.47 Å². The number of rotatable bonds is 4. The third kappa shape index (κ3) is 2.60. The van der Waals surface area contributed by atoms with E-state index >= 15 is 0 Å². The zero-order valence-corrected chi connectivity index (χ0v) is 8.77. The lowest BCUT2D eigenvalue weighted by Gasteiger charge is -2.08. The Morgan fingerprint density at radius 3 is 2.27 bits per heavy atom. The van der Waals surface area contributed by atoms with E-state index in [1.54, 1.807) is 12.1 Å². The lowest BCUT2D eigenvalue weighted by atomic mass is 10.2. The summed E-state index contributed by atoms with van der Waals surface area (Å²) in [4.78, 5) is 19.9. The van der Waals surface area contributed by atoms with Crippen molar-refractivity contribution in [2.24, 2.45) is 0 Å². The summed E-state index contributed by atoms with van der Waals surface area (Å²) in [6.07, 6.45) is 0. The molecule has 0 saturated heterocycles. The average Bonchev–Trinajstić information content (AvgIpc) is 2.28. The van der Waals surface area contributed by atoms with Gasteiger partial charge in [0.05, 0.1) is 26.9 Å². The quantitative estimate of drug-likeness (QED) is 0.558. The van der Waals surface area contributed by atoms with Crippen molar-refractivity contribution >= 4 is 5.97 Å². The van der Waals surface area contributed by atoms with Crippen molar-refractivity contribution in [3.8, 4) is 11.5 Å². The first-order valence-corrected chi connectivity index (χ1v) is 4.20. The van der Waals surface area contributed by atoms with Crippen LogP contribution >= 0.6 is 0 Å². The second kappa shape index (κ2) is 5.21. The van der Waals surface area contributed by atoms with Crippen molar-refractivity contribution < 1.29 is 24.0 Å². The van der Waals surface area contributed by atoms with Crippen LogP contribution in [0.15, 0.2) is 18.2 Å². The molecule has 0 atom stereocenters. The molecule has 0 fully saturated rings. The molecule has 1 aromatic rings. The molecule has 0 aromatic heterocycles. The van der Waals surface area contributed by atoms with Crippen LogP contribution in [0.25, 0.3) is 0 Å². The molecule has 15 heavy (non-hydrogen) atoms. The number of methoxy groups -OCH3 is 2. The summed E-state index contributed by atoms with van der Waals surface area (Å²) in [7, 11) is 4.27. The fraction of sp³-hybridized carbons (Fsp3) is 0.300. The maximum atomic E-state index is 11.3. The minimum atomic E-state index is -0.585. The van der Waals surface area contributed by atoms with Crippen LogP contribution in [0.5, 0.6) is 11.5 Å². The molecule has 0 aliphatic heterocycles. The van der Waals surface area contributed by atoms with Crippen LogP contribution in [0.1, 0.15) is 10.4 Å². The summed E-state index contributed by atoms with van der Waals surface area (Å²) in [5, 5.41) is 0. The van der Waals surface area contributed by atoms with Crippen molar-refractivity contribution in [2.45, 2.75) is 0 Å². The van der Waals surface area contributed by atoms with Crippen LogP contribution in [0, 0.1) is 0 Å². The van der Waals surface area contributed by atoms with E-state index in [0.29, 0.717) is 17.1 Å². The Morgan fingerprint density at radius 2 is 1.73 bits per heavy atom. The molecule has 0 radical (unpaired) electrons. The average molecular weight is 212 g/mol. The molecular weight excluding hydrogens is 200 g/mol. The Labute approximate surface area is 87.4 Å². The van der Waals surface area contributed by atoms with E-state index in [0.717, 1.165) is 0 Å². The first-order valence-electron chi connectivity index (χ1n) is 4.20. The first-order chi connectivity index (χ1) is 7.22. The van der Waals surface area contributed by atoms with Crippen molar-refractivity contribution in [3.05, 3.63) is 23.8 Å². The number of benzene rings is 1. The van der Waals surface area contributed by atoms with Crippen LogP contribution in [0.3, 0.4) is 0 Å². The van der Waals surface area contributed by atoms with Crippen molar-refractivity contribution in [1.29, 1.82) is 0 Å². The van der Waals surface area contributed by atoms with Gasteiger partial charge in [-0.2, -0.15) is 4.89 Å². The molecule has 0 unspecified atom stereocenters. The van der Waals surface area contributed by atoms with E-state index in [-0.39, 0.29) is 0 Å². The van der Waals surface area contributed by atoms with Gasteiger partial charge < -0.3 is 9.47 Å². The third-order valence-electron chi connectivity index (χ3n) is 1.78. The maximum Gasteiger partial charge on any atom is 0.373 e. The monoisotopic (exact) mass is 212 g/mol. The largest absolute Gasteiger partial charge is 0.493 e. The first kappa shape index (κ1) is 11.3. The van der Waals surface area contributed by atoms with E-state index in [2.05, 4.69) is 9.78 Å². The van der Waals surface area contributed by atoms with Crippen LogP contribution in [0.4, 0.5) is 0 Å². The second-order valence-corrected chi connectivity index (χ2v) is 2.61. The van der Waals surface area contributed by atoms with Gasteiger partial charge in [0.1, 0.15) is 0 Å². The van der Waals surface area contributed by atoms with Gasteiger partial charge in [0, 0.05) is 0 Å². The zero-order chi connectivity index (χ0) is 11.3. The van der Waals surface area contributed by atoms with E-state index in [4.69, 9.17) is 9.47 Å². The molecule has 82 valence electrons. The molecule has 0 heterocycles. The van der Waals surface area contributed by atoms with E-state index in [9.17, 15) is 4.79 Å². The Morgan fingerprint density at radius 1 is 1.07 bits per heavy atom. The highest BCUT2D eigenvalue weighted by Crippen LogP contribution is 2.27. The molecular formula is C10H12O5. The number of hydrogen-bond donors (Lipinski definition) is 0. The van der Waals surface area contributed by atoms with Gasteiger partial charge in [-0.15, -0.1) is 0 Å². The van der Waals surface area contributed by atoms with E-state index < -0.39 is 5.97 Å². The zero-order valence-electron chi connectivity index (χ0n) is 8.77. The lowest BCUT2D eigenvalue weighted by Crippen LogP contribution is -2.04. The molecule has 0 amide bonds. The van der Waals surface area contributed by atoms with Gasteiger partial charge in [0.25, 0.3) is 0 Å². The van der Waals surface area contributed by atoms with E-state index in [1.807, 2.05) is 0 Å². The predicted octanol–water partition coefficient (Wildman–Crippen LogP) is 1.42. The van der Waals surface area contributed by atoms with Gasteiger partial charge >= 0.3 is 5.97 Å². The standard InChI is InChI=1S/C10H12O5/c1-12-8-5-4-7(6-9(8)13-2)10(11)15-14-3/h4-6H,1-3H3. The Bertz CT molecular complexity index is 348. The summed E-state index contributed by atoms with van der Waals surface area (Å²) in [5.41, 5.74) is 0.328. The molecule has 0 aliphatic rings. The maximum absolute atomic E-state index is 11.3. The van der Waals surface area contributed by atoms with E-state index in [1.165, 1.54) is 27.4 Å². The fourth-order valence-electron chi connectivity index (χ4n) is 1.09. The lowest BCUT2D eigenvalue weighted by molar-refractivity contribution is -0.216. The number of ether oxygens (including phenoxy) is 2. The summed E-state index contributed by atoms with van der Waals surface area (Å²) >= 11 is 0. The van der Waals surface area contributed by atoms with Crippen molar-refractivity contribution in [2.75, 3.05) is 21.3 Å². The number of hydrogen-bond acceptors (Lipinski definition) is 5. The van der Waals surface area contributed by atoms with Crippen LogP contribution in [-0.2, 0) is 9.78 Å². The van der Waals surface area contributed by atoms with Crippen molar-refractivity contribution in [1.82, 2.24) is 0 Å². The summed E-state index contributed by atoms with van der Waals surface area (Å²) in [5.74, 6) is 0.424. The fourth-order valence-corrected chi connectivity index (χ4v) is 1.09. The normalized spacial score (nSPS) is 9.53. The van der Waals surface area contributed by atoms with Crippen LogP contribution in [-0.4, -0.2) is 27.3 Å². The van der Waals surface area contributed by atoms with Gasteiger partial charge in [-0.1, -0.05) is 0 Å². The highest BCUT2D eigenvalue weighted by atomic mass is 17.2. The molecule has 0 saturated carbocycles. The Balaban J connectivity index is 2.97. The number of carbonyl (C=O) groups excluding carboxylic acids is 1. The minimum Gasteiger partial charge on any atom is -0.493 e. The van der Waals surface area contributed by atoms with Crippen molar-refractivity contribution in [3.63, 3.8) is 0 Å². The topological polar surface area (TPSA) is 54.0 Å². The molecule has 0 bridgehead atoms. The molecule has 0 aliphatic carbocycles. The molecule has 1 aromatic carbocycles. The summed E-state index contributed by atoms with van der Waals surface area (Å²) in [6.45, 7) is 0. The smallest absolute Gasteiger partial charge is 0.373 e. The highest BCUT2D eigenvalue weighted by Gasteiger charge is 2.11. The van der Waals surface area contributed by atoms with Gasteiger partial charge in [-0.05, 0) is 18.2 Å². The molecule has 5 heteroatoms. The SMILES string of the molecule is COOC(=O)c1ccc(OC)c(OC)c1. The molecule has 5 nitrogen and oxygen atoms in total. The second-order valence-electron chi connectivity index (χ2n) is 2.61. The van der Waals surface area contributed by atoms with Gasteiger partial charge in [0.2, 0.25) is 0 Å². The summed E-state index contributed by atoms with van der Waals surface area (Å²) < 4.78 is 10.1. The van der Waals surface area contributed by atoms with Gasteiger partial charge in [-0.3, -0.25) is 4.89 Å². The number of carbonyl (C=O) groups is 1. The molecule has 0 spiro atoms. The molecule has 0 N–H and O–H groups in total. The third-order valence-corrected chi connectivity index (χ3v) is 1.78. The van der Waals surface area contributed by atoms with Crippen LogP contribution in [0.2, 0.25) is 0 Å². The predicted molar refractivity (Wildman–Crippen MR) is 52.0 cm³/mol. The summed E-state index contributed by atoms with van der Waals surface area (Å²) in [6, 6.07) is 4.69. The molecule has 1 rings (SSSR count). The van der Waals surface area contributed by atoms with Gasteiger partial charge in [0.15, 0.2) is 11.5 Å². The Hall–Kier alpha value is -1.75. The van der Waals surface area contributed by atoms with Gasteiger partial charge in [-0.25, -0.2) is 4.79 Å².